The number of nitrogens with one attached hydrogen (secondary N) is 1. The molecule has 0 aromatic heterocycles. The van der Waals surface area contributed by atoms with E-state index in [0.717, 1.165) is 25.9 Å². The quantitative estimate of drug-likeness (QED) is 0.749. The third-order valence-corrected chi connectivity index (χ3v) is 4.14. The molecule has 0 atom stereocenters. The lowest BCUT2D eigenvalue weighted by atomic mass is 9.87. The zero-order chi connectivity index (χ0) is 16.0. The van der Waals surface area contributed by atoms with Crippen LogP contribution in [-0.2, 0) is 24.8 Å². The van der Waals surface area contributed by atoms with E-state index in [1.807, 2.05) is 0 Å². The first-order valence-electron chi connectivity index (χ1n) is 8.37. The topological polar surface area (TPSA) is 12.0 Å². The second-order valence-corrected chi connectivity index (χ2v) is 7.05. The number of hydrogen-bond acceptors (Lipinski definition) is 1. The van der Waals surface area contributed by atoms with Gasteiger partial charge in [-0.25, -0.2) is 0 Å². The zero-order valence-electron chi connectivity index (χ0n) is 14.4. The molecule has 0 heterocycles. The molecule has 0 radical (unpaired) electrons. The van der Waals surface area contributed by atoms with Crippen molar-refractivity contribution in [3.8, 4) is 0 Å². The fraction of sp³-hybridized carbons (Fsp3) is 0.429. The Kier molecular flexibility index (Phi) is 5.79. The summed E-state index contributed by atoms with van der Waals surface area (Å²) in [5, 5.41) is 3.55. The molecule has 1 heteroatoms. The smallest absolute Gasteiger partial charge is 0.0205 e. The van der Waals surface area contributed by atoms with Gasteiger partial charge in [0.1, 0.15) is 0 Å². The molecule has 2 aromatic rings. The molecule has 2 rings (SSSR count). The van der Waals surface area contributed by atoms with E-state index in [-0.39, 0.29) is 5.41 Å². The fourth-order valence-corrected chi connectivity index (χ4v) is 2.59. The van der Waals surface area contributed by atoms with E-state index in [4.69, 9.17) is 0 Å². The van der Waals surface area contributed by atoms with E-state index in [1.165, 1.54) is 22.3 Å². The fourth-order valence-electron chi connectivity index (χ4n) is 2.59. The van der Waals surface area contributed by atoms with Crippen LogP contribution >= 0.6 is 0 Å². The lowest BCUT2D eigenvalue weighted by Crippen LogP contribution is -2.17. The SMILES string of the molecule is CCc1cccc(CCNCc2ccc(C(C)(C)C)cc2)c1. The molecular formula is C21H29N. The number of rotatable bonds is 6. The van der Waals surface area contributed by atoms with Crippen LogP contribution in [0.15, 0.2) is 48.5 Å². The highest BCUT2D eigenvalue weighted by Crippen LogP contribution is 2.22. The van der Waals surface area contributed by atoms with Crippen LogP contribution in [0.2, 0.25) is 0 Å². The van der Waals surface area contributed by atoms with Crippen LogP contribution in [0.25, 0.3) is 0 Å². The van der Waals surface area contributed by atoms with Crippen LogP contribution in [0, 0.1) is 0 Å². The summed E-state index contributed by atoms with van der Waals surface area (Å²) < 4.78 is 0. The van der Waals surface area contributed by atoms with E-state index in [0.29, 0.717) is 0 Å². The summed E-state index contributed by atoms with van der Waals surface area (Å²) in [7, 11) is 0. The van der Waals surface area contributed by atoms with Crippen LogP contribution < -0.4 is 5.32 Å². The molecular weight excluding hydrogens is 266 g/mol. The molecule has 22 heavy (non-hydrogen) atoms. The lowest BCUT2D eigenvalue weighted by molar-refractivity contribution is 0.589. The van der Waals surface area contributed by atoms with Gasteiger partial charge in [0.05, 0.1) is 0 Å². The summed E-state index contributed by atoms with van der Waals surface area (Å²) in [6.45, 7) is 10.9. The van der Waals surface area contributed by atoms with Crippen molar-refractivity contribution in [2.75, 3.05) is 6.54 Å². The summed E-state index contributed by atoms with van der Waals surface area (Å²) in [4.78, 5) is 0. The first kappa shape index (κ1) is 16.8. The minimum absolute atomic E-state index is 0.232. The molecule has 0 unspecified atom stereocenters. The van der Waals surface area contributed by atoms with Gasteiger partial charge >= 0.3 is 0 Å². The Labute approximate surface area is 135 Å². The lowest BCUT2D eigenvalue weighted by Gasteiger charge is -2.19. The number of hydrogen-bond donors (Lipinski definition) is 1. The highest BCUT2D eigenvalue weighted by Gasteiger charge is 2.12. The average Bonchev–Trinajstić information content (AvgIpc) is 2.51. The van der Waals surface area contributed by atoms with Crippen molar-refractivity contribution < 1.29 is 0 Å². The predicted molar refractivity (Wildman–Crippen MR) is 96.4 cm³/mol. The minimum atomic E-state index is 0.232. The van der Waals surface area contributed by atoms with Gasteiger partial charge in [-0.15, -0.1) is 0 Å². The first-order chi connectivity index (χ1) is 10.5. The standard InChI is InChI=1S/C21H29N/c1-5-17-7-6-8-18(15-17)13-14-22-16-19-9-11-20(12-10-19)21(2,3)4/h6-12,15,22H,5,13-14,16H2,1-4H3. The van der Waals surface area contributed by atoms with Gasteiger partial charge in [-0.2, -0.15) is 0 Å². The maximum Gasteiger partial charge on any atom is 0.0205 e. The molecule has 2 aromatic carbocycles. The zero-order valence-corrected chi connectivity index (χ0v) is 14.4. The molecule has 0 saturated carbocycles. The molecule has 0 aliphatic rings. The molecule has 0 spiro atoms. The molecule has 0 aliphatic heterocycles. The summed E-state index contributed by atoms with van der Waals surface area (Å²) in [6, 6.07) is 17.9. The van der Waals surface area contributed by atoms with Gasteiger partial charge in [-0.1, -0.05) is 76.2 Å². The normalized spacial score (nSPS) is 11.6. The largest absolute Gasteiger partial charge is 0.312 e. The van der Waals surface area contributed by atoms with E-state index in [1.54, 1.807) is 0 Å². The Morgan fingerprint density at radius 3 is 2.18 bits per heavy atom. The van der Waals surface area contributed by atoms with Gasteiger partial charge in [0.15, 0.2) is 0 Å². The molecule has 0 amide bonds. The van der Waals surface area contributed by atoms with Crippen molar-refractivity contribution in [2.24, 2.45) is 0 Å². The van der Waals surface area contributed by atoms with Crippen molar-refractivity contribution in [3.63, 3.8) is 0 Å². The maximum absolute atomic E-state index is 3.55. The molecule has 1 nitrogen and oxygen atoms in total. The van der Waals surface area contributed by atoms with Gasteiger partial charge < -0.3 is 5.32 Å². The summed E-state index contributed by atoms with van der Waals surface area (Å²) >= 11 is 0. The van der Waals surface area contributed by atoms with Gasteiger partial charge in [-0.05, 0) is 47.1 Å². The van der Waals surface area contributed by atoms with Crippen LogP contribution in [0.4, 0.5) is 0 Å². The van der Waals surface area contributed by atoms with Crippen LogP contribution in [-0.4, -0.2) is 6.54 Å². The van der Waals surface area contributed by atoms with E-state index < -0.39 is 0 Å². The Bertz CT molecular complexity index is 576. The highest BCUT2D eigenvalue weighted by atomic mass is 14.8. The molecule has 118 valence electrons. The maximum atomic E-state index is 3.55. The molecule has 0 fully saturated rings. The molecule has 1 N–H and O–H groups in total. The van der Waals surface area contributed by atoms with Crippen LogP contribution in [0.1, 0.15) is 49.9 Å². The predicted octanol–water partition coefficient (Wildman–Crippen LogP) is 4.88. The number of aryl methyl sites for hydroxylation is 1. The summed E-state index contributed by atoms with van der Waals surface area (Å²) in [6.07, 6.45) is 2.20. The van der Waals surface area contributed by atoms with Crippen LogP contribution in [0.5, 0.6) is 0 Å². The van der Waals surface area contributed by atoms with Crippen molar-refractivity contribution in [1.29, 1.82) is 0 Å². The van der Waals surface area contributed by atoms with E-state index in [9.17, 15) is 0 Å². The van der Waals surface area contributed by atoms with Gasteiger partial charge in [0, 0.05) is 6.54 Å². The second-order valence-electron chi connectivity index (χ2n) is 7.05. The van der Waals surface area contributed by atoms with Gasteiger partial charge in [-0.3, -0.25) is 0 Å². The number of benzene rings is 2. The van der Waals surface area contributed by atoms with Gasteiger partial charge in [0.25, 0.3) is 0 Å². The van der Waals surface area contributed by atoms with Crippen LogP contribution in [0.3, 0.4) is 0 Å². The first-order valence-corrected chi connectivity index (χ1v) is 8.37. The average molecular weight is 295 g/mol. The Hall–Kier alpha value is -1.60. The third kappa shape index (κ3) is 4.99. The Morgan fingerprint density at radius 1 is 0.864 bits per heavy atom. The Morgan fingerprint density at radius 2 is 1.55 bits per heavy atom. The highest BCUT2D eigenvalue weighted by molar-refractivity contribution is 5.27. The second kappa shape index (κ2) is 7.60. The van der Waals surface area contributed by atoms with Crippen molar-refractivity contribution >= 4 is 0 Å². The van der Waals surface area contributed by atoms with E-state index >= 15 is 0 Å². The third-order valence-electron chi connectivity index (χ3n) is 4.14. The van der Waals surface area contributed by atoms with Crippen molar-refractivity contribution in [2.45, 2.75) is 52.5 Å². The molecule has 0 aliphatic carbocycles. The van der Waals surface area contributed by atoms with Crippen molar-refractivity contribution in [3.05, 3.63) is 70.8 Å². The molecule has 0 saturated heterocycles. The van der Waals surface area contributed by atoms with E-state index in [2.05, 4.69) is 81.5 Å². The Balaban J connectivity index is 1.79. The van der Waals surface area contributed by atoms with Gasteiger partial charge in [0.2, 0.25) is 0 Å². The summed E-state index contributed by atoms with van der Waals surface area (Å²) in [5.41, 5.74) is 5.84. The monoisotopic (exact) mass is 295 g/mol. The van der Waals surface area contributed by atoms with Crippen molar-refractivity contribution in [1.82, 2.24) is 5.32 Å². The molecule has 0 bridgehead atoms. The summed E-state index contributed by atoms with van der Waals surface area (Å²) in [5.74, 6) is 0. The minimum Gasteiger partial charge on any atom is -0.312 e.